The first-order valence-electron chi connectivity index (χ1n) is 11.2. The number of piperidine rings is 1. The van der Waals surface area contributed by atoms with Gasteiger partial charge in [-0.3, -0.25) is 0 Å². The number of likely N-dealkylation sites (N-methyl/N-ethyl adjacent to an activating group) is 1. The van der Waals surface area contributed by atoms with Gasteiger partial charge in [0.1, 0.15) is 0 Å². The van der Waals surface area contributed by atoms with Gasteiger partial charge in [-0.15, -0.1) is 0 Å². The maximum atomic E-state index is 5.67. The molecule has 1 atom stereocenters. The van der Waals surface area contributed by atoms with E-state index in [9.17, 15) is 0 Å². The van der Waals surface area contributed by atoms with E-state index in [0.29, 0.717) is 38.5 Å². The Hall–Kier alpha value is -0.240. The van der Waals surface area contributed by atoms with Crippen molar-refractivity contribution in [1.82, 2.24) is 15.5 Å². The highest BCUT2D eigenvalue weighted by Gasteiger charge is 2.19. The van der Waals surface area contributed by atoms with E-state index in [1.807, 2.05) is 13.8 Å². The summed E-state index contributed by atoms with van der Waals surface area (Å²) in [6.07, 6.45) is 3.71. The molecule has 0 amide bonds. The lowest BCUT2D eigenvalue weighted by molar-refractivity contribution is 0.00983. The van der Waals surface area contributed by atoms with Crippen LogP contribution in [0.5, 0.6) is 0 Å². The van der Waals surface area contributed by atoms with Crippen LogP contribution in [0.3, 0.4) is 0 Å². The van der Waals surface area contributed by atoms with Gasteiger partial charge in [-0.2, -0.15) is 0 Å². The van der Waals surface area contributed by atoms with Crippen LogP contribution in [0.25, 0.3) is 0 Å². The van der Waals surface area contributed by atoms with E-state index >= 15 is 0 Å². The van der Waals surface area contributed by atoms with Gasteiger partial charge in [-0.05, 0) is 45.8 Å². The van der Waals surface area contributed by atoms with Crippen molar-refractivity contribution < 1.29 is 17.1 Å². The summed E-state index contributed by atoms with van der Waals surface area (Å²) in [5, 5.41) is 6.94. The first-order valence-corrected chi connectivity index (χ1v) is 11.2. The summed E-state index contributed by atoms with van der Waals surface area (Å²) in [7, 11) is 0. The van der Waals surface area contributed by atoms with E-state index in [4.69, 9.17) is 14.2 Å². The van der Waals surface area contributed by atoms with E-state index in [0.717, 1.165) is 32.8 Å². The molecule has 2 N–H and O–H groups in total. The Balaban J connectivity index is -0.00000163. The SMILES string of the molecule is CC.CCNCCOCCOCCOCCN1CCC(NC(C)CC)CC1.[HH].[HH]. The minimum Gasteiger partial charge on any atom is -0.378 e. The second kappa shape index (κ2) is 20.5. The Morgan fingerprint density at radius 2 is 1.48 bits per heavy atom. The summed E-state index contributed by atoms with van der Waals surface area (Å²) in [5.74, 6) is 0. The topological polar surface area (TPSA) is 55.0 Å². The average molecular weight is 394 g/mol. The molecule has 0 spiro atoms. The molecule has 1 saturated heterocycles. The van der Waals surface area contributed by atoms with Crippen molar-refractivity contribution in [3.8, 4) is 0 Å². The number of ether oxygens (including phenoxy) is 3. The van der Waals surface area contributed by atoms with E-state index < -0.39 is 0 Å². The van der Waals surface area contributed by atoms with Gasteiger partial charge in [-0.25, -0.2) is 0 Å². The zero-order chi connectivity index (χ0) is 20.2. The Morgan fingerprint density at radius 3 is 2.04 bits per heavy atom. The maximum absolute atomic E-state index is 5.67. The molecule has 0 radical (unpaired) electrons. The Bertz CT molecular complexity index is 298. The van der Waals surface area contributed by atoms with Crippen molar-refractivity contribution in [3.63, 3.8) is 0 Å². The molecule has 1 heterocycles. The second-order valence-electron chi connectivity index (χ2n) is 6.78. The molecule has 6 nitrogen and oxygen atoms in total. The summed E-state index contributed by atoms with van der Waals surface area (Å²) in [5.41, 5.74) is 0. The number of hydrogen-bond acceptors (Lipinski definition) is 6. The fourth-order valence-electron chi connectivity index (χ4n) is 2.90. The summed E-state index contributed by atoms with van der Waals surface area (Å²) >= 11 is 0. The third kappa shape index (κ3) is 16.4. The van der Waals surface area contributed by atoms with E-state index in [-0.39, 0.29) is 2.85 Å². The van der Waals surface area contributed by atoms with Crippen LogP contribution in [-0.4, -0.2) is 89.3 Å². The van der Waals surface area contributed by atoms with Crippen molar-refractivity contribution in [2.75, 3.05) is 72.4 Å². The van der Waals surface area contributed by atoms with Crippen LogP contribution in [0, 0.1) is 0 Å². The van der Waals surface area contributed by atoms with Gasteiger partial charge in [0, 0.05) is 28.0 Å². The van der Waals surface area contributed by atoms with Crippen molar-refractivity contribution in [1.29, 1.82) is 0 Å². The molecule has 27 heavy (non-hydrogen) atoms. The standard InChI is InChI=1S/C19H41N3O3.C2H6.2H2/c1-4-18(3)21-19-6-9-22(10-7-19)11-13-24-15-17-25-16-14-23-12-8-20-5-2;1-2;;/h18-21H,4-17H2,1-3H3;1-2H3;2*1H. The Labute approximate surface area is 171 Å². The lowest BCUT2D eigenvalue weighted by Gasteiger charge is -2.33. The number of rotatable bonds is 16. The van der Waals surface area contributed by atoms with Crippen LogP contribution < -0.4 is 10.6 Å². The zero-order valence-corrected chi connectivity index (χ0v) is 18.7. The maximum Gasteiger partial charge on any atom is 0.0701 e. The van der Waals surface area contributed by atoms with Gasteiger partial charge < -0.3 is 29.7 Å². The third-order valence-corrected chi connectivity index (χ3v) is 4.69. The van der Waals surface area contributed by atoms with Crippen molar-refractivity contribution in [2.45, 2.75) is 66.0 Å². The van der Waals surface area contributed by atoms with Crippen LogP contribution in [-0.2, 0) is 14.2 Å². The predicted molar refractivity (Wildman–Crippen MR) is 119 cm³/mol. The lowest BCUT2D eigenvalue weighted by Crippen LogP contribution is -2.46. The van der Waals surface area contributed by atoms with Gasteiger partial charge >= 0.3 is 0 Å². The molecule has 1 rings (SSSR count). The summed E-state index contributed by atoms with van der Waals surface area (Å²) in [6, 6.07) is 1.33. The van der Waals surface area contributed by atoms with Crippen LogP contribution in [0.4, 0.5) is 0 Å². The first kappa shape index (κ1) is 26.8. The quantitative estimate of drug-likeness (QED) is 0.393. The normalized spacial score (nSPS) is 16.8. The van der Waals surface area contributed by atoms with Crippen molar-refractivity contribution in [3.05, 3.63) is 0 Å². The molecule has 1 aliphatic heterocycles. The van der Waals surface area contributed by atoms with Crippen LogP contribution in [0.15, 0.2) is 0 Å². The van der Waals surface area contributed by atoms with Crippen LogP contribution in [0.2, 0.25) is 0 Å². The Morgan fingerprint density at radius 1 is 0.926 bits per heavy atom. The van der Waals surface area contributed by atoms with Gasteiger partial charge in [0.05, 0.1) is 39.6 Å². The smallest absolute Gasteiger partial charge is 0.0701 e. The molecule has 1 aliphatic rings. The Kier molecular flexibility index (Phi) is 20.3. The molecular weight excluding hydrogens is 342 g/mol. The number of hydrogen-bond donors (Lipinski definition) is 2. The highest BCUT2D eigenvalue weighted by atomic mass is 16.5. The van der Waals surface area contributed by atoms with Gasteiger partial charge in [0.2, 0.25) is 0 Å². The lowest BCUT2D eigenvalue weighted by atomic mass is 10.0. The van der Waals surface area contributed by atoms with E-state index in [2.05, 4.69) is 36.3 Å². The van der Waals surface area contributed by atoms with E-state index in [1.54, 1.807) is 0 Å². The number of nitrogens with zero attached hydrogens (tertiary/aromatic N) is 1. The van der Waals surface area contributed by atoms with Gasteiger partial charge in [0.15, 0.2) is 0 Å². The molecule has 6 heteroatoms. The molecule has 0 saturated carbocycles. The third-order valence-electron chi connectivity index (χ3n) is 4.69. The predicted octanol–water partition coefficient (Wildman–Crippen LogP) is 3.02. The molecule has 0 aliphatic carbocycles. The summed E-state index contributed by atoms with van der Waals surface area (Å²) < 4.78 is 16.6. The molecular formula is C21H51N3O3. The van der Waals surface area contributed by atoms with Gasteiger partial charge in [-0.1, -0.05) is 27.7 Å². The van der Waals surface area contributed by atoms with Crippen molar-refractivity contribution >= 4 is 0 Å². The largest absolute Gasteiger partial charge is 0.378 e. The zero-order valence-electron chi connectivity index (χ0n) is 18.7. The van der Waals surface area contributed by atoms with Crippen LogP contribution in [0.1, 0.15) is 56.7 Å². The van der Waals surface area contributed by atoms with E-state index in [1.165, 1.54) is 32.4 Å². The summed E-state index contributed by atoms with van der Waals surface area (Å²) in [6.45, 7) is 20.1. The number of likely N-dealkylation sites (tertiary alicyclic amines) is 1. The minimum absolute atomic E-state index is 0. The highest BCUT2D eigenvalue weighted by Crippen LogP contribution is 2.11. The minimum atomic E-state index is 0. The van der Waals surface area contributed by atoms with Gasteiger partial charge in [0.25, 0.3) is 0 Å². The molecule has 0 aromatic heterocycles. The fraction of sp³-hybridized carbons (Fsp3) is 1.00. The van der Waals surface area contributed by atoms with Crippen LogP contribution >= 0.6 is 0 Å². The molecule has 0 aromatic carbocycles. The number of nitrogens with one attached hydrogen (secondary N) is 2. The first-order chi connectivity index (χ1) is 13.3. The average Bonchev–Trinajstić information content (AvgIpc) is 2.71. The van der Waals surface area contributed by atoms with Crippen molar-refractivity contribution in [2.24, 2.45) is 0 Å². The fourth-order valence-corrected chi connectivity index (χ4v) is 2.90. The molecule has 0 bridgehead atoms. The molecule has 0 aromatic rings. The molecule has 168 valence electrons. The molecule has 1 fully saturated rings. The second-order valence-corrected chi connectivity index (χ2v) is 6.78. The monoisotopic (exact) mass is 393 g/mol. The molecule has 1 unspecified atom stereocenters. The summed E-state index contributed by atoms with van der Waals surface area (Å²) in [4.78, 5) is 2.51. The highest BCUT2D eigenvalue weighted by molar-refractivity contribution is 4.78.